The molecule has 0 spiro atoms. The topological polar surface area (TPSA) is 52.6 Å². The van der Waals surface area contributed by atoms with Crippen molar-refractivity contribution in [2.24, 2.45) is 40.4 Å². The van der Waals surface area contributed by atoms with Gasteiger partial charge in [-0.15, -0.1) is 6.42 Å². The molecule has 5 unspecified atom stereocenters. The SMILES string of the molecule is C#CC1C[C@@H]2CCC3C4CC[C@H](OC(C)=O)[C@@]4(C)CCC3[C@@]2(C)CC1OC(C)=O. The number of esters is 2. The Morgan fingerprint density at radius 2 is 1.62 bits per heavy atom. The Hall–Kier alpha value is -1.50. The van der Waals surface area contributed by atoms with Gasteiger partial charge < -0.3 is 9.47 Å². The molecule has 4 nitrogen and oxygen atoms in total. The summed E-state index contributed by atoms with van der Waals surface area (Å²) in [6.45, 7) is 7.83. The third-order valence-electron chi connectivity index (χ3n) is 9.45. The van der Waals surface area contributed by atoms with Crippen LogP contribution >= 0.6 is 0 Å². The first-order valence-electron chi connectivity index (χ1n) is 11.5. The second-order valence-corrected chi connectivity index (χ2v) is 10.7. The largest absolute Gasteiger partial charge is 0.462 e. The van der Waals surface area contributed by atoms with Gasteiger partial charge in [-0.1, -0.05) is 19.8 Å². The van der Waals surface area contributed by atoms with Crippen LogP contribution in [0.3, 0.4) is 0 Å². The van der Waals surface area contributed by atoms with Gasteiger partial charge >= 0.3 is 11.9 Å². The van der Waals surface area contributed by atoms with Crippen LogP contribution in [0.5, 0.6) is 0 Å². The molecule has 9 atom stereocenters. The monoisotopic (exact) mass is 400 g/mol. The quantitative estimate of drug-likeness (QED) is 0.496. The number of ether oxygens (including phenoxy) is 2. The van der Waals surface area contributed by atoms with Crippen molar-refractivity contribution < 1.29 is 19.1 Å². The van der Waals surface area contributed by atoms with Gasteiger partial charge in [0.05, 0.1) is 5.92 Å². The lowest BCUT2D eigenvalue weighted by atomic mass is 9.44. The summed E-state index contributed by atoms with van der Waals surface area (Å²) >= 11 is 0. The molecule has 4 heteroatoms. The Morgan fingerprint density at radius 1 is 0.931 bits per heavy atom. The number of hydrogen-bond donors (Lipinski definition) is 0. The van der Waals surface area contributed by atoms with E-state index in [0.717, 1.165) is 32.1 Å². The molecule has 0 saturated heterocycles. The molecule has 160 valence electrons. The van der Waals surface area contributed by atoms with Crippen LogP contribution in [-0.2, 0) is 19.1 Å². The summed E-state index contributed by atoms with van der Waals surface area (Å²) in [6, 6.07) is 0. The highest BCUT2D eigenvalue weighted by Gasteiger charge is 2.62. The molecule has 4 saturated carbocycles. The highest BCUT2D eigenvalue weighted by atomic mass is 16.5. The summed E-state index contributed by atoms with van der Waals surface area (Å²) in [5, 5.41) is 0. The van der Waals surface area contributed by atoms with Crippen LogP contribution in [0.15, 0.2) is 0 Å². The Kier molecular flexibility index (Phi) is 5.24. The zero-order valence-electron chi connectivity index (χ0n) is 18.4. The molecule has 4 aliphatic rings. The smallest absolute Gasteiger partial charge is 0.302 e. The van der Waals surface area contributed by atoms with E-state index in [1.165, 1.54) is 33.1 Å². The van der Waals surface area contributed by atoms with E-state index in [9.17, 15) is 9.59 Å². The van der Waals surface area contributed by atoms with Crippen LogP contribution < -0.4 is 0 Å². The molecule has 0 radical (unpaired) electrons. The van der Waals surface area contributed by atoms with Gasteiger partial charge in [0.2, 0.25) is 0 Å². The predicted molar refractivity (Wildman–Crippen MR) is 111 cm³/mol. The summed E-state index contributed by atoms with van der Waals surface area (Å²) in [5.74, 6) is 5.16. The first-order chi connectivity index (χ1) is 13.7. The predicted octanol–water partition coefficient (Wildman–Crippen LogP) is 4.75. The van der Waals surface area contributed by atoms with E-state index in [1.807, 2.05) is 0 Å². The van der Waals surface area contributed by atoms with Gasteiger partial charge in [-0.3, -0.25) is 9.59 Å². The van der Waals surface area contributed by atoms with Gasteiger partial charge in [-0.25, -0.2) is 0 Å². The van der Waals surface area contributed by atoms with E-state index in [0.29, 0.717) is 23.7 Å². The standard InChI is InChI=1S/C25H36O4/c1-6-17-13-18-7-8-19-20-9-10-23(29-16(3)27)24(20,4)12-11-21(19)25(18,5)14-22(17)28-15(2)26/h1,17-23H,7-14H2,2-5H3/t17?,18-,19?,20?,21?,22?,23-,24-,25-/m0/s1. The number of fused-ring (bicyclic) bond motifs is 5. The normalized spacial score (nSPS) is 48.4. The molecule has 0 N–H and O–H groups in total. The van der Waals surface area contributed by atoms with E-state index in [4.69, 9.17) is 15.9 Å². The molecule has 0 bridgehead atoms. The Balaban J connectivity index is 1.58. The van der Waals surface area contributed by atoms with Crippen molar-refractivity contribution in [2.75, 3.05) is 0 Å². The number of terminal acetylenes is 1. The summed E-state index contributed by atoms with van der Waals surface area (Å²) in [6.07, 6.45) is 14.6. The second kappa shape index (κ2) is 7.33. The molecule has 4 rings (SSSR count). The zero-order valence-corrected chi connectivity index (χ0v) is 18.4. The van der Waals surface area contributed by atoms with Crippen LogP contribution in [0.25, 0.3) is 0 Å². The Bertz CT molecular complexity index is 723. The Labute approximate surface area is 175 Å². The fourth-order valence-corrected chi connectivity index (χ4v) is 8.13. The maximum Gasteiger partial charge on any atom is 0.302 e. The van der Waals surface area contributed by atoms with Gasteiger partial charge in [0.25, 0.3) is 0 Å². The first kappa shape index (κ1) is 20.8. The lowest BCUT2D eigenvalue weighted by Crippen LogP contribution is -2.56. The van der Waals surface area contributed by atoms with Gasteiger partial charge in [0, 0.05) is 19.3 Å². The van der Waals surface area contributed by atoms with Crippen molar-refractivity contribution in [1.29, 1.82) is 0 Å². The van der Waals surface area contributed by atoms with E-state index in [1.54, 1.807) is 0 Å². The molecule has 0 heterocycles. The van der Waals surface area contributed by atoms with Crippen LogP contribution in [0.4, 0.5) is 0 Å². The summed E-state index contributed by atoms with van der Waals surface area (Å²) in [4.78, 5) is 23.3. The van der Waals surface area contributed by atoms with Gasteiger partial charge in [0.15, 0.2) is 0 Å². The molecular formula is C25H36O4. The number of hydrogen-bond acceptors (Lipinski definition) is 4. The Morgan fingerprint density at radius 3 is 2.28 bits per heavy atom. The van der Waals surface area contributed by atoms with E-state index in [2.05, 4.69) is 19.8 Å². The van der Waals surface area contributed by atoms with Crippen LogP contribution in [0.2, 0.25) is 0 Å². The number of carbonyl (C=O) groups excluding carboxylic acids is 2. The third-order valence-corrected chi connectivity index (χ3v) is 9.45. The zero-order chi connectivity index (χ0) is 21.0. The molecule has 4 aliphatic carbocycles. The molecule has 0 aromatic rings. The second-order valence-electron chi connectivity index (χ2n) is 10.7. The minimum absolute atomic E-state index is 0.0437. The summed E-state index contributed by atoms with van der Waals surface area (Å²) < 4.78 is 11.5. The van der Waals surface area contributed by atoms with E-state index >= 15 is 0 Å². The van der Waals surface area contributed by atoms with Crippen molar-refractivity contribution >= 4 is 11.9 Å². The fourth-order valence-electron chi connectivity index (χ4n) is 8.13. The molecule has 4 fully saturated rings. The van der Waals surface area contributed by atoms with Crippen molar-refractivity contribution in [3.05, 3.63) is 0 Å². The van der Waals surface area contributed by atoms with Crippen molar-refractivity contribution in [2.45, 2.75) is 91.3 Å². The lowest BCUT2D eigenvalue weighted by Gasteiger charge is -2.61. The first-order valence-corrected chi connectivity index (χ1v) is 11.5. The van der Waals surface area contributed by atoms with E-state index < -0.39 is 0 Å². The minimum Gasteiger partial charge on any atom is -0.462 e. The lowest BCUT2D eigenvalue weighted by molar-refractivity contribution is -0.175. The van der Waals surface area contributed by atoms with Crippen LogP contribution in [0.1, 0.15) is 79.1 Å². The van der Waals surface area contributed by atoms with Crippen LogP contribution in [0, 0.1) is 52.8 Å². The van der Waals surface area contributed by atoms with Crippen molar-refractivity contribution in [3.63, 3.8) is 0 Å². The third kappa shape index (κ3) is 3.29. The molecular weight excluding hydrogens is 364 g/mol. The van der Waals surface area contributed by atoms with Crippen molar-refractivity contribution in [1.82, 2.24) is 0 Å². The average molecular weight is 401 g/mol. The molecule has 0 aromatic carbocycles. The van der Waals surface area contributed by atoms with Crippen molar-refractivity contribution in [3.8, 4) is 12.3 Å². The molecule has 0 amide bonds. The minimum atomic E-state index is -0.221. The highest BCUT2D eigenvalue weighted by molar-refractivity contribution is 5.66. The number of rotatable bonds is 2. The van der Waals surface area contributed by atoms with E-state index in [-0.39, 0.29) is 40.9 Å². The number of carbonyl (C=O) groups is 2. The maximum atomic E-state index is 11.7. The van der Waals surface area contributed by atoms with Gasteiger partial charge in [-0.2, -0.15) is 0 Å². The summed E-state index contributed by atoms with van der Waals surface area (Å²) in [7, 11) is 0. The highest BCUT2D eigenvalue weighted by Crippen LogP contribution is 2.67. The molecule has 0 aromatic heterocycles. The maximum absolute atomic E-state index is 11.7. The van der Waals surface area contributed by atoms with Gasteiger partial charge in [0.1, 0.15) is 12.2 Å². The van der Waals surface area contributed by atoms with Gasteiger partial charge in [-0.05, 0) is 80.5 Å². The molecule has 0 aliphatic heterocycles. The molecule has 29 heavy (non-hydrogen) atoms. The fraction of sp³-hybridized carbons (Fsp3) is 0.840. The average Bonchev–Trinajstić information content (AvgIpc) is 2.96. The summed E-state index contributed by atoms with van der Waals surface area (Å²) in [5.41, 5.74) is 0.290. The van der Waals surface area contributed by atoms with Crippen LogP contribution in [-0.4, -0.2) is 24.1 Å².